The van der Waals surface area contributed by atoms with E-state index in [1.807, 2.05) is 6.20 Å². The number of nitrogens with two attached hydrogens (primary N) is 1. The molecule has 1 aliphatic rings. The number of pyridine rings is 1. The zero-order valence-electron chi connectivity index (χ0n) is 9.15. The molecule has 2 N–H and O–H groups in total. The van der Waals surface area contributed by atoms with Crippen LogP contribution in [0.3, 0.4) is 0 Å². The first-order valence-corrected chi connectivity index (χ1v) is 5.75. The van der Waals surface area contributed by atoms with E-state index in [1.165, 1.54) is 37.9 Å². The molecule has 3 heteroatoms. The van der Waals surface area contributed by atoms with Gasteiger partial charge in [-0.3, -0.25) is 9.88 Å². The van der Waals surface area contributed by atoms with Crippen LogP contribution in [0, 0.1) is 0 Å². The van der Waals surface area contributed by atoms with Gasteiger partial charge in [-0.15, -0.1) is 0 Å². The quantitative estimate of drug-likeness (QED) is 0.813. The van der Waals surface area contributed by atoms with Crippen molar-refractivity contribution < 1.29 is 0 Å². The van der Waals surface area contributed by atoms with Gasteiger partial charge in [0.15, 0.2) is 0 Å². The second-order valence-corrected chi connectivity index (χ2v) is 4.20. The molecule has 0 amide bonds. The summed E-state index contributed by atoms with van der Waals surface area (Å²) in [6.07, 6.45) is 5.94. The van der Waals surface area contributed by atoms with Gasteiger partial charge in [-0.2, -0.15) is 0 Å². The van der Waals surface area contributed by atoms with Gasteiger partial charge in [-0.1, -0.05) is 6.42 Å². The monoisotopic (exact) mass is 205 g/mol. The van der Waals surface area contributed by atoms with Gasteiger partial charge in [0.1, 0.15) is 0 Å². The molecule has 15 heavy (non-hydrogen) atoms. The molecule has 0 radical (unpaired) electrons. The first-order valence-electron chi connectivity index (χ1n) is 5.75. The zero-order chi connectivity index (χ0) is 10.5. The first kappa shape index (κ1) is 10.6. The number of nitrogens with zero attached hydrogens (tertiary/aromatic N) is 2. The molecule has 1 aliphatic heterocycles. The summed E-state index contributed by atoms with van der Waals surface area (Å²) in [6, 6.07) is 4.21. The Balaban J connectivity index is 1.96. The average molecular weight is 205 g/mol. The molecule has 2 rings (SSSR count). The van der Waals surface area contributed by atoms with Crippen LogP contribution in [0.4, 0.5) is 0 Å². The Morgan fingerprint density at radius 3 is 2.80 bits per heavy atom. The number of likely N-dealkylation sites (tertiary alicyclic amines) is 1. The summed E-state index contributed by atoms with van der Waals surface area (Å²) < 4.78 is 0. The van der Waals surface area contributed by atoms with E-state index in [-0.39, 0.29) is 0 Å². The molecule has 0 aliphatic carbocycles. The molecule has 1 aromatic rings. The Hall–Kier alpha value is -0.930. The smallest absolute Gasteiger partial charge is 0.0542 e. The Labute approximate surface area is 91.3 Å². The topological polar surface area (TPSA) is 42.1 Å². The van der Waals surface area contributed by atoms with Gasteiger partial charge >= 0.3 is 0 Å². The molecule has 2 heterocycles. The van der Waals surface area contributed by atoms with Crippen LogP contribution in [0.25, 0.3) is 0 Å². The second-order valence-electron chi connectivity index (χ2n) is 4.20. The summed E-state index contributed by atoms with van der Waals surface area (Å²) in [4.78, 5) is 6.72. The van der Waals surface area contributed by atoms with Crippen molar-refractivity contribution in [3.05, 3.63) is 29.6 Å². The van der Waals surface area contributed by atoms with Gasteiger partial charge < -0.3 is 5.73 Å². The number of aromatic nitrogens is 1. The van der Waals surface area contributed by atoms with Crippen molar-refractivity contribution in [2.75, 3.05) is 13.1 Å². The maximum absolute atomic E-state index is 5.58. The summed E-state index contributed by atoms with van der Waals surface area (Å²) in [5, 5.41) is 0. The minimum Gasteiger partial charge on any atom is -0.325 e. The molecule has 3 nitrogen and oxygen atoms in total. The van der Waals surface area contributed by atoms with Crippen LogP contribution in [0.1, 0.15) is 30.5 Å². The Bertz CT molecular complexity index is 305. The minimum atomic E-state index is 0.536. The van der Waals surface area contributed by atoms with Crippen molar-refractivity contribution in [1.82, 2.24) is 9.88 Å². The number of hydrogen-bond donors (Lipinski definition) is 1. The van der Waals surface area contributed by atoms with E-state index >= 15 is 0 Å². The third kappa shape index (κ3) is 3.01. The van der Waals surface area contributed by atoms with Crippen molar-refractivity contribution in [3.63, 3.8) is 0 Å². The number of piperidine rings is 1. The van der Waals surface area contributed by atoms with E-state index in [0.717, 1.165) is 12.2 Å². The third-order valence-corrected chi connectivity index (χ3v) is 2.94. The van der Waals surface area contributed by atoms with Crippen molar-refractivity contribution in [3.8, 4) is 0 Å². The highest BCUT2D eigenvalue weighted by atomic mass is 15.1. The van der Waals surface area contributed by atoms with Crippen LogP contribution < -0.4 is 5.73 Å². The van der Waals surface area contributed by atoms with E-state index in [0.29, 0.717) is 6.54 Å². The van der Waals surface area contributed by atoms with Crippen molar-refractivity contribution in [2.24, 2.45) is 5.73 Å². The van der Waals surface area contributed by atoms with Gasteiger partial charge in [0.05, 0.1) is 5.69 Å². The van der Waals surface area contributed by atoms with Crippen LogP contribution in [0.5, 0.6) is 0 Å². The lowest BCUT2D eigenvalue weighted by atomic mass is 10.1. The highest BCUT2D eigenvalue weighted by Gasteiger charge is 2.10. The molecule has 0 spiro atoms. The average Bonchev–Trinajstić information content (AvgIpc) is 2.31. The molecule has 0 saturated carbocycles. The van der Waals surface area contributed by atoms with Gasteiger partial charge in [0, 0.05) is 19.3 Å². The molecule has 82 valence electrons. The molecule has 0 unspecified atom stereocenters. The van der Waals surface area contributed by atoms with E-state index in [4.69, 9.17) is 5.73 Å². The predicted molar refractivity (Wildman–Crippen MR) is 61.3 cm³/mol. The highest BCUT2D eigenvalue weighted by Crippen LogP contribution is 2.12. The van der Waals surface area contributed by atoms with E-state index < -0.39 is 0 Å². The summed E-state index contributed by atoms with van der Waals surface area (Å²) in [7, 11) is 0. The van der Waals surface area contributed by atoms with E-state index in [9.17, 15) is 0 Å². The van der Waals surface area contributed by atoms with E-state index in [1.54, 1.807) is 0 Å². The standard InChI is InChI=1S/C12H19N3/c13-9-12-8-11(4-5-14-12)10-15-6-2-1-3-7-15/h4-5,8H,1-3,6-7,9-10,13H2. The molecule has 0 aromatic carbocycles. The fourth-order valence-corrected chi connectivity index (χ4v) is 2.11. The predicted octanol–water partition coefficient (Wildman–Crippen LogP) is 1.53. The Kier molecular flexibility index (Phi) is 3.69. The van der Waals surface area contributed by atoms with Gasteiger partial charge in [0.2, 0.25) is 0 Å². The van der Waals surface area contributed by atoms with Crippen molar-refractivity contribution in [1.29, 1.82) is 0 Å². The molecular formula is C12H19N3. The normalized spacial score (nSPS) is 17.9. The minimum absolute atomic E-state index is 0.536. The lowest BCUT2D eigenvalue weighted by molar-refractivity contribution is 0.221. The largest absolute Gasteiger partial charge is 0.325 e. The third-order valence-electron chi connectivity index (χ3n) is 2.94. The lowest BCUT2D eigenvalue weighted by Crippen LogP contribution is -2.29. The number of hydrogen-bond acceptors (Lipinski definition) is 3. The second kappa shape index (κ2) is 5.24. The zero-order valence-corrected chi connectivity index (χ0v) is 9.15. The molecule has 0 bridgehead atoms. The summed E-state index contributed by atoms with van der Waals surface area (Å²) in [5.74, 6) is 0. The van der Waals surface area contributed by atoms with Crippen molar-refractivity contribution in [2.45, 2.75) is 32.4 Å². The summed E-state index contributed by atoms with van der Waals surface area (Å²) in [5.41, 5.74) is 7.91. The molecule has 1 aromatic heterocycles. The van der Waals surface area contributed by atoms with Crippen molar-refractivity contribution >= 4 is 0 Å². The van der Waals surface area contributed by atoms with Gasteiger partial charge in [0.25, 0.3) is 0 Å². The van der Waals surface area contributed by atoms with Crippen LogP contribution in [-0.4, -0.2) is 23.0 Å². The molecular weight excluding hydrogens is 186 g/mol. The fourth-order valence-electron chi connectivity index (χ4n) is 2.11. The Morgan fingerprint density at radius 2 is 2.07 bits per heavy atom. The SMILES string of the molecule is NCc1cc(CN2CCCCC2)ccn1. The Morgan fingerprint density at radius 1 is 1.27 bits per heavy atom. The van der Waals surface area contributed by atoms with Crippen LogP contribution in [0.2, 0.25) is 0 Å². The van der Waals surface area contributed by atoms with Crippen LogP contribution in [-0.2, 0) is 13.1 Å². The molecule has 1 saturated heterocycles. The first-order chi connectivity index (χ1) is 7.38. The fraction of sp³-hybridized carbons (Fsp3) is 0.583. The highest BCUT2D eigenvalue weighted by molar-refractivity contribution is 5.16. The van der Waals surface area contributed by atoms with Gasteiger partial charge in [-0.25, -0.2) is 0 Å². The van der Waals surface area contributed by atoms with Crippen LogP contribution >= 0.6 is 0 Å². The maximum atomic E-state index is 5.58. The van der Waals surface area contributed by atoms with Gasteiger partial charge in [-0.05, 0) is 43.6 Å². The maximum Gasteiger partial charge on any atom is 0.0542 e. The molecule has 0 atom stereocenters. The lowest BCUT2D eigenvalue weighted by Gasteiger charge is -2.26. The van der Waals surface area contributed by atoms with E-state index in [2.05, 4.69) is 22.0 Å². The van der Waals surface area contributed by atoms with Crippen LogP contribution in [0.15, 0.2) is 18.3 Å². The summed E-state index contributed by atoms with van der Waals surface area (Å²) in [6.45, 7) is 4.06. The summed E-state index contributed by atoms with van der Waals surface area (Å²) >= 11 is 0. The molecule has 1 fully saturated rings. The number of rotatable bonds is 3.